The number of carbonyl (C=O) groups is 2. The van der Waals surface area contributed by atoms with Crippen LogP contribution in [0.3, 0.4) is 0 Å². The Balaban J connectivity index is 1.77. The minimum Gasteiger partial charge on any atom is -0.484 e. The molecule has 0 spiro atoms. The molecule has 132 valence electrons. The highest BCUT2D eigenvalue weighted by Crippen LogP contribution is 2.17. The van der Waals surface area contributed by atoms with Crippen LogP contribution in [0.1, 0.15) is 6.92 Å². The van der Waals surface area contributed by atoms with Crippen LogP contribution >= 0.6 is 15.9 Å². The van der Waals surface area contributed by atoms with Gasteiger partial charge in [-0.1, -0.05) is 15.9 Å². The molecular formula is C18H19BrN2O4. The summed E-state index contributed by atoms with van der Waals surface area (Å²) in [7, 11) is 0. The molecule has 0 bridgehead atoms. The Hall–Kier alpha value is -2.54. The molecule has 0 aliphatic heterocycles. The number of likely N-dealkylation sites (N-methyl/N-ethyl adjacent to an activating group) is 1. The predicted octanol–water partition coefficient (Wildman–Crippen LogP) is 2.98. The van der Waals surface area contributed by atoms with E-state index in [0.29, 0.717) is 23.7 Å². The molecule has 0 heterocycles. The van der Waals surface area contributed by atoms with E-state index in [9.17, 15) is 9.59 Å². The third kappa shape index (κ3) is 6.84. The Morgan fingerprint density at radius 3 is 1.96 bits per heavy atom. The van der Waals surface area contributed by atoms with Gasteiger partial charge in [0.1, 0.15) is 11.5 Å². The van der Waals surface area contributed by atoms with Crippen molar-refractivity contribution in [3.05, 3.63) is 53.0 Å². The predicted molar refractivity (Wildman–Crippen MR) is 98.9 cm³/mol. The van der Waals surface area contributed by atoms with E-state index >= 15 is 0 Å². The fourth-order valence-electron chi connectivity index (χ4n) is 1.91. The quantitative estimate of drug-likeness (QED) is 0.706. The highest BCUT2D eigenvalue weighted by Gasteiger charge is 2.05. The molecule has 0 unspecified atom stereocenters. The maximum absolute atomic E-state index is 11.9. The van der Waals surface area contributed by atoms with E-state index in [2.05, 4.69) is 26.6 Å². The standard InChI is InChI=1S/C18H19BrN2O4/c1-2-20-17(22)11-24-16-9-5-14(6-10-16)21-18(23)12-25-15-7-3-13(19)4-8-15/h3-10H,2,11-12H2,1H3,(H,20,22)(H,21,23). The first-order valence-corrected chi connectivity index (χ1v) is 8.54. The fourth-order valence-corrected chi connectivity index (χ4v) is 2.17. The SMILES string of the molecule is CCNC(=O)COc1ccc(NC(=O)COc2ccc(Br)cc2)cc1. The lowest BCUT2D eigenvalue weighted by Crippen LogP contribution is -2.28. The average molecular weight is 407 g/mol. The lowest BCUT2D eigenvalue weighted by molar-refractivity contribution is -0.123. The van der Waals surface area contributed by atoms with E-state index in [1.165, 1.54) is 0 Å². The fraction of sp³-hybridized carbons (Fsp3) is 0.222. The topological polar surface area (TPSA) is 76.7 Å². The Morgan fingerprint density at radius 1 is 0.880 bits per heavy atom. The Bertz CT molecular complexity index is 702. The summed E-state index contributed by atoms with van der Waals surface area (Å²) in [5.41, 5.74) is 0.620. The molecule has 0 radical (unpaired) electrons. The summed E-state index contributed by atoms with van der Waals surface area (Å²) in [4.78, 5) is 23.2. The van der Waals surface area contributed by atoms with Gasteiger partial charge in [0.25, 0.3) is 11.8 Å². The van der Waals surface area contributed by atoms with Gasteiger partial charge in [0.2, 0.25) is 0 Å². The summed E-state index contributed by atoms with van der Waals surface area (Å²) in [5, 5.41) is 5.37. The minimum absolute atomic E-state index is 0.0411. The second kappa shape index (κ2) is 9.68. The number of amides is 2. The number of carbonyl (C=O) groups excluding carboxylic acids is 2. The molecule has 0 saturated heterocycles. The van der Waals surface area contributed by atoms with E-state index in [-0.39, 0.29) is 25.0 Å². The van der Waals surface area contributed by atoms with Crippen molar-refractivity contribution in [1.29, 1.82) is 0 Å². The first-order chi connectivity index (χ1) is 12.1. The Labute approximate surface area is 154 Å². The number of hydrogen-bond donors (Lipinski definition) is 2. The molecule has 0 saturated carbocycles. The number of hydrogen-bond acceptors (Lipinski definition) is 4. The summed E-state index contributed by atoms with van der Waals surface area (Å²) in [5.74, 6) is 0.728. The van der Waals surface area contributed by atoms with Gasteiger partial charge in [-0.05, 0) is 55.5 Å². The number of nitrogens with one attached hydrogen (secondary N) is 2. The smallest absolute Gasteiger partial charge is 0.262 e. The zero-order valence-corrected chi connectivity index (χ0v) is 15.3. The average Bonchev–Trinajstić information content (AvgIpc) is 2.61. The second-order valence-electron chi connectivity index (χ2n) is 5.06. The van der Waals surface area contributed by atoms with Crippen LogP contribution in [0.2, 0.25) is 0 Å². The van der Waals surface area contributed by atoms with Crippen LogP contribution in [0, 0.1) is 0 Å². The van der Waals surface area contributed by atoms with Crippen molar-refractivity contribution in [3.63, 3.8) is 0 Å². The number of anilines is 1. The van der Waals surface area contributed by atoms with Gasteiger partial charge in [-0.15, -0.1) is 0 Å². The zero-order valence-electron chi connectivity index (χ0n) is 13.8. The Kier molecular flexibility index (Phi) is 7.28. The lowest BCUT2D eigenvalue weighted by atomic mass is 10.3. The van der Waals surface area contributed by atoms with Gasteiger partial charge < -0.3 is 20.1 Å². The second-order valence-corrected chi connectivity index (χ2v) is 5.97. The molecule has 6 nitrogen and oxygen atoms in total. The molecule has 0 atom stereocenters. The normalized spacial score (nSPS) is 10.0. The van der Waals surface area contributed by atoms with E-state index in [0.717, 1.165) is 4.47 Å². The molecule has 2 amide bonds. The van der Waals surface area contributed by atoms with Gasteiger partial charge in [0.15, 0.2) is 13.2 Å². The van der Waals surface area contributed by atoms with Crippen LogP contribution in [-0.2, 0) is 9.59 Å². The molecule has 0 aromatic heterocycles. The maximum Gasteiger partial charge on any atom is 0.262 e. The summed E-state index contributed by atoms with van der Waals surface area (Å²) in [6.07, 6.45) is 0. The molecule has 2 rings (SSSR count). The van der Waals surface area contributed by atoms with E-state index in [1.807, 2.05) is 19.1 Å². The van der Waals surface area contributed by atoms with Gasteiger partial charge in [0, 0.05) is 16.7 Å². The summed E-state index contributed by atoms with van der Waals surface area (Å²) >= 11 is 3.33. The van der Waals surface area contributed by atoms with Crippen LogP contribution in [0.15, 0.2) is 53.0 Å². The maximum atomic E-state index is 11.9. The molecule has 0 aliphatic carbocycles. The molecule has 2 aromatic rings. The van der Waals surface area contributed by atoms with Crippen LogP contribution in [-0.4, -0.2) is 31.6 Å². The van der Waals surface area contributed by atoms with E-state index in [4.69, 9.17) is 9.47 Å². The van der Waals surface area contributed by atoms with Crippen molar-refractivity contribution in [2.24, 2.45) is 0 Å². The first-order valence-electron chi connectivity index (χ1n) is 7.74. The molecule has 2 N–H and O–H groups in total. The molecule has 7 heteroatoms. The number of ether oxygens (including phenoxy) is 2. The van der Waals surface area contributed by atoms with Crippen LogP contribution in [0.5, 0.6) is 11.5 Å². The van der Waals surface area contributed by atoms with Crippen LogP contribution in [0.4, 0.5) is 5.69 Å². The monoisotopic (exact) mass is 406 g/mol. The van der Waals surface area contributed by atoms with Gasteiger partial charge in [-0.3, -0.25) is 9.59 Å². The van der Waals surface area contributed by atoms with Gasteiger partial charge in [0.05, 0.1) is 0 Å². The molecular weight excluding hydrogens is 388 g/mol. The van der Waals surface area contributed by atoms with Crippen molar-refractivity contribution >= 4 is 33.4 Å². The largest absolute Gasteiger partial charge is 0.484 e. The van der Waals surface area contributed by atoms with E-state index < -0.39 is 0 Å². The lowest BCUT2D eigenvalue weighted by Gasteiger charge is -2.09. The third-order valence-electron chi connectivity index (χ3n) is 3.07. The van der Waals surface area contributed by atoms with Gasteiger partial charge in [-0.25, -0.2) is 0 Å². The number of halogens is 1. The summed E-state index contributed by atoms with van der Waals surface area (Å²) in [6, 6.07) is 14.0. The first kappa shape index (κ1) is 18.8. The number of benzene rings is 2. The molecule has 25 heavy (non-hydrogen) atoms. The van der Waals surface area contributed by atoms with Gasteiger partial charge >= 0.3 is 0 Å². The molecule has 2 aromatic carbocycles. The zero-order chi connectivity index (χ0) is 18.1. The summed E-state index contributed by atoms with van der Waals surface area (Å²) < 4.78 is 11.7. The minimum atomic E-state index is -0.265. The highest BCUT2D eigenvalue weighted by molar-refractivity contribution is 9.10. The van der Waals surface area contributed by atoms with E-state index in [1.54, 1.807) is 36.4 Å². The summed E-state index contributed by atoms with van der Waals surface area (Å²) in [6.45, 7) is 2.28. The molecule has 0 fully saturated rings. The van der Waals surface area contributed by atoms with Crippen LogP contribution < -0.4 is 20.1 Å². The van der Waals surface area contributed by atoms with Crippen molar-refractivity contribution in [2.75, 3.05) is 25.1 Å². The number of rotatable bonds is 8. The van der Waals surface area contributed by atoms with Crippen molar-refractivity contribution in [3.8, 4) is 11.5 Å². The third-order valence-corrected chi connectivity index (χ3v) is 3.59. The van der Waals surface area contributed by atoms with Gasteiger partial charge in [-0.2, -0.15) is 0 Å². The Morgan fingerprint density at radius 2 is 1.40 bits per heavy atom. The van der Waals surface area contributed by atoms with Crippen LogP contribution in [0.25, 0.3) is 0 Å². The van der Waals surface area contributed by atoms with Crippen molar-refractivity contribution < 1.29 is 19.1 Å². The highest BCUT2D eigenvalue weighted by atomic mass is 79.9. The van der Waals surface area contributed by atoms with Crippen molar-refractivity contribution in [2.45, 2.75) is 6.92 Å². The van der Waals surface area contributed by atoms with Crippen molar-refractivity contribution in [1.82, 2.24) is 5.32 Å². The molecule has 0 aliphatic rings.